The van der Waals surface area contributed by atoms with E-state index < -0.39 is 11.9 Å². The number of ether oxygens (including phenoxy) is 2. The molecule has 2 N–H and O–H groups in total. The second-order valence-corrected chi connectivity index (χ2v) is 6.07. The van der Waals surface area contributed by atoms with Crippen molar-refractivity contribution in [3.05, 3.63) is 47.4 Å². The average molecular weight is 345 g/mol. The van der Waals surface area contributed by atoms with Crippen LogP contribution in [0.25, 0.3) is 0 Å². The third kappa shape index (κ3) is 3.60. The number of carbonyl (C=O) groups excluding carboxylic acids is 1. The summed E-state index contributed by atoms with van der Waals surface area (Å²) in [5, 5.41) is 11.8. The van der Waals surface area contributed by atoms with Gasteiger partial charge in [-0.2, -0.15) is 0 Å². The van der Waals surface area contributed by atoms with Crippen LogP contribution in [0.15, 0.2) is 34.7 Å². The Bertz CT molecular complexity index is 795. The molecule has 0 radical (unpaired) electrons. The summed E-state index contributed by atoms with van der Waals surface area (Å²) in [5.41, 5.74) is 0.873. The molecule has 2 heterocycles. The summed E-state index contributed by atoms with van der Waals surface area (Å²) in [6.45, 7) is 4.96. The van der Waals surface area contributed by atoms with E-state index in [9.17, 15) is 9.59 Å². The fourth-order valence-electron chi connectivity index (χ4n) is 2.68. The van der Waals surface area contributed by atoms with Gasteiger partial charge in [0.25, 0.3) is 5.91 Å². The normalized spacial score (nSPS) is 14.2. The molecule has 7 nitrogen and oxygen atoms in total. The van der Waals surface area contributed by atoms with Crippen molar-refractivity contribution in [1.82, 2.24) is 5.32 Å². The van der Waals surface area contributed by atoms with Gasteiger partial charge in [-0.25, -0.2) is 4.79 Å². The molecule has 1 unspecified atom stereocenters. The van der Waals surface area contributed by atoms with E-state index in [2.05, 4.69) is 5.32 Å². The van der Waals surface area contributed by atoms with E-state index >= 15 is 0 Å². The van der Waals surface area contributed by atoms with Crippen LogP contribution in [-0.2, 0) is 0 Å². The Hall–Kier alpha value is -2.96. The van der Waals surface area contributed by atoms with Crippen LogP contribution in [0, 0.1) is 5.92 Å². The van der Waals surface area contributed by atoms with Gasteiger partial charge in [0.2, 0.25) is 5.76 Å². The first kappa shape index (κ1) is 16.9. The van der Waals surface area contributed by atoms with Crippen LogP contribution < -0.4 is 14.8 Å². The van der Waals surface area contributed by atoms with Crippen LogP contribution in [0.3, 0.4) is 0 Å². The minimum Gasteiger partial charge on any atom is -0.486 e. The Morgan fingerprint density at radius 3 is 2.36 bits per heavy atom. The average Bonchev–Trinajstić information content (AvgIpc) is 3.09. The number of carbonyl (C=O) groups is 2. The molecule has 0 fully saturated rings. The summed E-state index contributed by atoms with van der Waals surface area (Å²) in [6.07, 6.45) is 0. The van der Waals surface area contributed by atoms with Gasteiger partial charge in [0.1, 0.15) is 13.2 Å². The number of hydrogen-bond acceptors (Lipinski definition) is 5. The summed E-state index contributed by atoms with van der Waals surface area (Å²) in [4.78, 5) is 23.3. The van der Waals surface area contributed by atoms with Gasteiger partial charge in [-0.1, -0.05) is 19.9 Å². The van der Waals surface area contributed by atoms with Crippen LogP contribution in [0.1, 0.15) is 46.6 Å². The number of aromatic carboxylic acids is 1. The smallest absolute Gasteiger partial charge is 0.371 e. The van der Waals surface area contributed by atoms with Gasteiger partial charge in [-0.05, 0) is 35.7 Å². The third-order valence-electron chi connectivity index (χ3n) is 3.92. The summed E-state index contributed by atoms with van der Waals surface area (Å²) in [5.74, 6) is -0.574. The number of nitrogens with one attached hydrogen (secondary N) is 1. The second kappa shape index (κ2) is 6.88. The first-order valence-corrected chi connectivity index (χ1v) is 7.99. The first-order valence-electron chi connectivity index (χ1n) is 7.99. The fraction of sp³-hybridized carbons (Fsp3) is 0.333. The third-order valence-corrected chi connectivity index (χ3v) is 3.92. The number of carboxylic acid groups (broad SMARTS) is 1. The molecule has 25 heavy (non-hydrogen) atoms. The van der Waals surface area contributed by atoms with Crippen molar-refractivity contribution in [3.8, 4) is 11.5 Å². The van der Waals surface area contributed by atoms with E-state index in [1.807, 2.05) is 32.0 Å². The van der Waals surface area contributed by atoms with Crippen molar-refractivity contribution in [2.45, 2.75) is 19.9 Å². The van der Waals surface area contributed by atoms with Gasteiger partial charge in [0, 0.05) is 0 Å². The zero-order valence-electron chi connectivity index (χ0n) is 13.9. The molecule has 0 spiro atoms. The molecule has 132 valence electrons. The van der Waals surface area contributed by atoms with E-state index in [1.165, 1.54) is 12.1 Å². The van der Waals surface area contributed by atoms with Gasteiger partial charge in [0.15, 0.2) is 17.3 Å². The summed E-state index contributed by atoms with van der Waals surface area (Å²) in [7, 11) is 0. The van der Waals surface area contributed by atoms with Crippen LogP contribution in [0.4, 0.5) is 0 Å². The van der Waals surface area contributed by atoms with Gasteiger partial charge in [-0.15, -0.1) is 0 Å². The number of hydrogen-bond donors (Lipinski definition) is 2. The molecular weight excluding hydrogens is 326 g/mol. The SMILES string of the molecule is CC(C)C(NC(=O)c1ccc(C(=O)O)o1)c1ccc2c(c1)OCCO2. The van der Waals surface area contributed by atoms with E-state index in [0.717, 1.165) is 5.56 Å². The zero-order valence-corrected chi connectivity index (χ0v) is 13.9. The van der Waals surface area contributed by atoms with E-state index in [1.54, 1.807) is 0 Å². The van der Waals surface area contributed by atoms with Gasteiger partial charge >= 0.3 is 5.97 Å². The number of benzene rings is 1. The molecule has 1 aromatic heterocycles. The summed E-state index contributed by atoms with van der Waals surface area (Å²) >= 11 is 0. The van der Waals surface area contributed by atoms with Crippen molar-refractivity contribution in [2.75, 3.05) is 13.2 Å². The maximum atomic E-state index is 12.4. The molecule has 0 saturated heterocycles. The second-order valence-electron chi connectivity index (χ2n) is 6.07. The quantitative estimate of drug-likeness (QED) is 0.865. The molecule has 1 amide bonds. The highest BCUT2D eigenvalue weighted by atomic mass is 16.6. The predicted octanol–water partition coefficient (Wildman–Crippen LogP) is 2.88. The minimum absolute atomic E-state index is 0.0411. The Morgan fingerprint density at radius 2 is 1.72 bits per heavy atom. The molecule has 0 bridgehead atoms. The largest absolute Gasteiger partial charge is 0.486 e. The van der Waals surface area contributed by atoms with Crippen molar-refractivity contribution in [2.24, 2.45) is 5.92 Å². The number of rotatable bonds is 5. The van der Waals surface area contributed by atoms with Crippen molar-refractivity contribution in [3.63, 3.8) is 0 Å². The highest BCUT2D eigenvalue weighted by Crippen LogP contribution is 2.34. The molecule has 1 aliphatic heterocycles. The predicted molar refractivity (Wildman–Crippen MR) is 88.1 cm³/mol. The lowest BCUT2D eigenvalue weighted by Gasteiger charge is -2.25. The fourth-order valence-corrected chi connectivity index (χ4v) is 2.68. The molecule has 1 aromatic carbocycles. The molecular formula is C18H19NO6. The molecule has 2 aromatic rings. The summed E-state index contributed by atoms with van der Waals surface area (Å²) < 4.78 is 16.2. The van der Waals surface area contributed by atoms with Crippen molar-refractivity contribution in [1.29, 1.82) is 0 Å². The highest BCUT2D eigenvalue weighted by molar-refractivity contribution is 5.93. The maximum absolute atomic E-state index is 12.4. The summed E-state index contributed by atoms with van der Waals surface area (Å²) in [6, 6.07) is 7.86. The molecule has 3 rings (SSSR count). The van der Waals surface area contributed by atoms with Crippen LogP contribution >= 0.6 is 0 Å². The Balaban J connectivity index is 1.81. The highest BCUT2D eigenvalue weighted by Gasteiger charge is 2.23. The van der Waals surface area contributed by atoms with Gasteiger partial charge in [0.05, 0.1) is 6.04 Å². The molecule has 1 aliphatic rings. The van der Waals surface area contributed by atoms with E-state index in [4.69, 9.17) is 19.0 Å². The number of furan rings is 1. The molecule has 1 atom stereocenters. The van der Waals surface area contributed by atoms with Gasteiger partial charge < -0.3 is 24.3 Å². The van der Waals surface area contributed by atoms with Crippen LogP contribution in [0.5, 0.6) is 11.5 Å². The maximum Gasteiger partial charge on any atom is 0.371 e. The standard InChI is InChI=1S/C18H19NO6/c1-10(2)16(11-3-4-12-15(9-11)24-8-7-23-12)19-17(20)13-5-6-14(25-13)18(21)22/h3-6,9-10,16H,7-8H2,1-2H3,(H,19,20)(H,21,22). The zero-order chi connectivity index (χ0) is 18.0. The Morgan fingerprint density at radius 1 is 1.04 bits per heavy atom. The minimum atomic E-state index is -1.22. The number of amides is 1. The topological polar surface area (TPSA) is 98.0 Å². The van der Waals surface area contributed by atoms with E-state index in [-0.39, 0.29) is 23.5 Å². The van der Waals surface area contributed by atoms with Crippen molar-refractivity contribution >= 4 is 11.9 Å². The lowest BCUT2D eigenvalue weighted by molar-refractivity contribution is 0.0659. The molecule has 0 saturated carbocycles. The Labute approximate surface area is 144 Å². The first-order chi connectivity index (χ1) is 12.0. The monoisotopic (exact) mass is 345 g/mol. The Kier molecular flexibility index (Phi) is 4.65. The lowest BCUT2D eigenvalue weighted by atomic mass is 9.95. The van der Waals surface area contributed by atoms with E-state index in [0.29, 0.717) is 24.7 Å². The number of fused-ring (bicyclic) bond motifs is 1. The van der Waals surface area contributed by atoms with Crippen LogP contribution in [0.2, 0.25) is 0 Å². The molecule has 0 aliphatic carbocycles. The molecule has 7 heteroatoms. The van der Waals surface area contributed by atoms with Crippen LogP contribution in [-0.4, -0.2) is 30.2 Å². The van der Waals surface area contributed by atoms with Gasteiger partial charge in [-0.3, -0.25) is 4.79 Å². The van der Waals surface area contributed by atoms with Crippen molar-refractivity contribution < 1.29 is 28.6 Å². The lowest BCUT2D eigenvalue weighted by Crippen LogP contribution is -2.31. The number of carboxylic acids is 1.